The highest BCUT2D eigenvalue weighted by Crippen LogP contribution is 2.25. The lowest BCUT2D eigenvalue weighted by atomic mass is 10.1. The molecule has 4 rings (SSSR count). The maximum atomic E-state index is 13.3. The first-order valence-electron chi connectivity index (χ1n) is 9.95. The molecular weight excluding hydrogens is 426 g/mol. The van der Waals surface area contributed by atoms with E-state index < -0.39 is 0 Å². The van der Waals surface area contributed by atoms with Gasteiger partial charge in [-0.15, -0.1) is 11.3 Å². The molecule has 5 nitrogen and oxygen atoms in total. The van der Waals surface area contributed by atoms with Crippen LogP contribution in [0.5, 0.6) is 0 Å². The molecule has 0 unspecified atom stereocenters. The number of carbonyl (C=O) groups is 1. The van der Waals surface area contributed by atoms with Crippen LogP contribution in [0.15, 0.2) is 63.9 Å². The van der Waals surface area contributed by atoms with E-state index in [-0.39, 0.29) is 17.2 Å². The highest BCUT2D eigenvalue weighted by atomic mass is 32.2. The predicted molar refractivity (Wildman–Crippen MR) is 128 cm³/mol. The number of carbonyl (C=O) groups excluding carboxylic acids is 1. The number of rotatable bonds is 6. The van der Waals surface area contributed by atoms with Gasteiger partial charge in [-0.2, -0.15) is 0 Å². The molecule has 0 saturated carbocycles. The molecule has 0 aliphatic heterocycles. The summed E-state index contributed by atoms with van der Waals surface area (Å²) in [7, 11) is 0. The molecule has 4 aromatic rings. The summed E-state index contributed by atoms with van der Waals surface area (Å²) in [5.74, 6) is 0.0798. The fourth-order valence-electron chi connectivity index (χ4n) is 3.35. The molecule has 1 amide bonds. The van der Waals surface area contributed by atoms with Gasteiger partial charge in [0.15, 0.2) is 5.16 Å². The van der Waals surface area contributed by atoms with Gasteiger partial charge < -0.3 is 5.32 Å². The molecular formula is C24H23N3O2S2. The summed E-state index contributed by atoms with van der Waals surface area (Å²) in [6.07, 6.45) is 0. The summed E-state index contributed by atoms with van der Waals surface area (Å²) >= 11 is 2.66. The molecule has 0 saturated heterocycles. The first-order valence-corrected chi connectivity index (χ1v) is 11.8. The summed E-state index contributed by atoms with van der Waals surface area (Å²) in [5, 5.41) is 5.33. The zero-order chi connectivity index (χ0) is 22.0. The second-order valence-electron chi connectivity index (χ2n) is 7.51. The number of nitrogens with zero attached hydrogens (tertiary/aromatic N) is 2. The number of aromatic nitrogens is 2. The van der Waals surface area contributed by atoms with Gasteiger partial charge in [0.1, 0.15) is 4.70 Å². The summed E-state index contributed by atoms with van der Waals surface area (Å²) in [6.45, 7) is 6.51. The van der Waals surface area contributed by atoms with Crippen LogP contribution in [0, 0.1) is 20.8 Å². The molecule has 1 N–H and O–H groups in total. The quantitative estimate of drug-likeness (QED) is 0.340. The Hall–Kier alpha value is -2.90. The van der Waals surface area contributed by atoms with E-state index >= 15 is 0 Å². The molecule has 2 heterocycles. The minimum atomic E-state index is -0.102. The molecule has 0 radical (unpaired) electrons. The van der Waals surface area contributed by atoms with Crippen LogP contribution in [0.3, 0.4) is 0 Å². The number of nitrogens with one attached hydrogen (secondary N) is 1. The maximum Gasteiger partial charge on any atom is 0.276 e. The van der Waals surface area contributed by atoms with Gasteiger partial charge in [0.05, 0.1) is 17.0 Å². The lowest BCUT2D eigenvalue weighted by Gasteiger charge is -2.14. The molecule has 2 aromatic heterocycles. The Labute approximate surface area is 189 Å². The molecule has 0 fully saturated rings. The highest BCUT2D eigenvalue weighted by molar-refractivity contribution is 7.99. The lowest BCUT2D eigenvalue weighted by molar-refractivity contribution is -0.118. The maximum absolute atomic E-state index is 13.3. The van der Waals surface area contributed by atoms with Crippen LogP contribution in [0.25, 0.3) is 15.9 Å². The average Bonchev–Trinajstić information content (AvgIpc) is 3.22. The van der Waals surface area contributed by atoms with E-state index in [0.29, 0.717) is 21.9 Å². The lowest BCUT2D eigenvalue weighted by Crippen LogP contribution is -2.26. The van der Waals surface area contributed by atoms with Gasteiger partial charge >= 0.3 is 0 Å². The van der Waals surface area contributed by atoms with Crippen LogP contribution in [-0.4, -0.2) is 21.2 Å². The molecule has 0 bridgehead atoms. The number of hydrogen-bond donors (Lipinski definition) is 1. The Morgan fingerprint density at radius 3 is 2.55 bits per heavy atom. The normalized spacial score (nSPS) is 11.1. The van der Waals surface area contributed by atoms with Crippen molar-refractivity contribution in [2.75, 3.05) is 5.75 Å². The molecule has 31 heavy (non-hydrogen) atoms. The zero-order valence-corrected chi connectivity index (χ0v) is 19.3. The van der Waals surface area contributed by atoms with Crippen molar-refractivity contribution in [3.63, 3.8) is 0 Å². The summed E-state index contributed by atoms with van der Waals surface area (Å²) in [4.78, 5) is 30.4. The summed E-state index contributed by atoms with van der Waals surface area (Å²) in [5.41, 5.74) is 5.71. The van der Waals surface area contributed by atoms with Gasteiger partial charge in [0.25, 0.3) is 5.56 Å². The van der Waals surface area contributed by atoms with Crippen LogP contribution in [0.1, 0.15) is 22.3 Å². The van der Waals surface area contributed by atoms with Gasteiger partial charge in [-0.1, -0.05) is 59.3 Å². The van der Waals surface area contributed by atoms with Gasteiger partial charge in [0, 0.05) is 6.54 Å². The molecule has 2 aromatic carbocycles. The minimum Gasteiger partial charge on any atom is -0.351 e. The zero-order valence-electron chi connectivity index (χ0n) is 17.6. The molecule has 0 aliphatic carbocycles. The van der Waals surface area contributed by atoms with Crippen molar-refractivity contribution in [1.82, 2.24) is 14.9 Å². The van der Waals surface area contributed by atoms with Crippen LogP contribution in [-0.2, 0) is 11.3 Å². The Kier molecular flexibility index (Phi) is 6.25. The van der Waals surface area contributed by atoms with Crippen molar-refractivity contribution < 1.29 is 4.79 Å². The molecule has 0 aliphatic rings. The number of aryl methyl sites for hydroxylation is 3. The fraction of sp³-hybridized carbons (Fsp3) is 0.208. The van der Waals surface area contributed by atoms with E-state index in [1.54, 1.807) is 4.57 Å². The van der Waals surface area contributed by atoms with E-state index in [2.05, 4.69) is 5.32 Å². The fourth-order valence-corrected chi connectivity index (χ4v) is 4.94. The van der Waals surface area contributed by atoms with Crippen LogP contribution in [0.4, 0.5) is 0 Å². The number of thioether (sulfide) groups is 1. The SMILES string of the molecule is Cc1ccc(CNC(=O)CSc2nc3ccsc3c(=O)n2-c2ccc(C)cc2C)cc1. The number of hydrogen-bond acceptors (Lipinski definition) is 5. The number of benzene rings is 2. The monoisotopic (exact) mass is 449 g/mol. The number of thiophene rings is 1. The first kappa shape index (κ1) is 21.3. The van der Waals surface area contributed by atoms with Crippen molar-refractivity contribution in [2.24, 2.45) is 0 Å². The summed E-state index contributed by atoms with van der Waals surface area (Å²) < 4.78 is 2.25. The third-order valence-electron chi connectivity index (χ3n) is 4.99. The topological polar surface area (TPSA) is 64.0 Å². The minimum absolute atomic E-state index is 0.0996. The van der Waals surface area contributed by atoms with Gasteiger partial charge in [-0.05, 0) is 49.4 Å². The van der Waals surface area contributed by atoms with E-state index in [4.69, 9.17) is 4.98 Å². The number of fused-ring (bicyclic) bond motifs is 1. The van der Waals surface area contributed by atoms with Crippen molar-refractivity contribution in [3.05, 3.63) is 86.5 Å². The van der Waals surface area contributed by atoms with E-state index in [0.717, 1.165) is 22.4 Å². The second-order valence-corrected chi connectivity index (χ2v) is 9.37. The second kappa shape index (κ2) is 9.08. The average molecular weight is 450 g/mol. The van der Waals surface area contributed by atoms with Crippen LogP contribution >= 0.6 is 23.1 Å². The van der Waals surface area contributed by atoms with Crippen molar-refractivity contribution >= 4 is 39.2 Å². The van der Waals surface area contributed by atoms with Crippen molar-refractivity contribution in [3.8, 4) is 5.69 Å². The van der Waals surface area contributed by atoms with Gasteiger partial charge in [-0.25, -0.2) is 4.98 Å². The molecule has 0 spiro atoms. The van der Waals surface area contributed by atoms with E-state index in [1.807, 2.05) is 74.7 Å². The first-order chi connectivity index (χ1) is 14.9. The van der Waals surface area contributed by atoms with Crippen molar-refractivity contribution in [1.29, 1.82) is 0 Å². The third kappa shape index (κ3) is 4.73. The van der Waals surface area contributed by atoms with Gasteiger partial charge in [0.2, 0.25) is 5.91 Å². The predicted octanol–water partition coefficient (Wildman–Crippen LogP) is 4.78. The Morgan fingerprint density at radius 2 is 1.81 bits per heavy atom. The smallest absolute Gasteiger partial charge is 0.276 e. The van der Waals surface area contributed by atoms with Gasteiger partial charge in [-0.3, -0.25) is 14.2 Å². The van der Waals surface area contributed by atoms with Crippen LogP contribution < -0.4 is 10.9 Å². The third-order valence-corrected chi connectivity index (χ3v) is 6.82. The van der Waals surface area contributed by atoms with E-state index in [1.165, 1.54) is 28.7 Å². The molecule has 158 valence electrons. The number of amides is 1. The Bertz CT molecular complexity index is 1310. The summed E-state index contributed by atoms with van der Waals surface area (Å²) in [6, 6.07) is 15.9. The largest absolute Gasteiger partial charge is 0.351 e. The molecule has 0 atom stereocenters. The Balaban J connectivity index is 1.58. The standard InChI is InChI=1S/C24H23N3O2S2/c1-15-4-7-18(8-5-15)13-25-21(28)14-31-24-26-19-10-11-30-22(19)23(29)27(24)20-9-6-16(2)12-17(20)3/h4-12H,13-14H2,1-3H3,(H,25,28). The molecule has 7 heteroatoms. The van der Waals surface area contributed by atoms with E-state index in [9.17, 15) is 9.59 Å². The Morgan fingerprint density at radius 1 is 1.06 bits per heavy atom. The van der Waals surface area contributed by atoms with Crippen LogP contribution in [0.2, 0.25) is 0 Å². The van der Waals surface area contributed by atoms with Crippen molar-refractivity contribution in [2.45, 2.75) is 32.5 Å². The highest BCUT2D eigenvalue weighted by Gasteiger charge is 2.17.